The van der Waals surface area contributed by atoms with E-state index in [0.29, 0.717) is 11.8 Å². The van der Waals surface area contributed by atoms with Crippen LogP contribution in [0, 0.1) is 0 Å². The van der Waals surface area contributed by atoms with Gasteiger partial charge in [0.05, 0.1) is 23.6 Å². The summed E-state index contributed by atoms with van der Waals surface area (Å²) in [6.45, 7) is -0.152. The highest BCUT2D eigenvalue weighted by Crippen LogP contribution is 2.37. The summed E-state index contributed by atoms with van der Waals surface area (Å²) < 4.78 is 9.81. The topological polar surface area (TPSA) is 97.0 Å². The number of hydrogen-bond donors (Lipinski definition) is 1. The molecular formula is C17H11Cl2NO6S. The minimum atomic E-state index is -0.663. The first kappa shape index (κ1) is 19.3. The van der Waals surface area contributed by atoms with Crippen LogP contribution in [0.1, 0.15) is 21.9 Å². The zero-order valence-electron chi connectivity index (χ0n) is 13.7. The number of aromatic hydroxyl groups is 1. The largest absolute Gasteiger partial charge is 0.506 e. The van der Waals surface area contributed by atoms with Gasteiger partial charge in [0.25, 0.3) is 11.1 Å². The van der Waals surface area contributed by atoms with Crippen LogP contribution in [0.3, 0.4) is 0 Å². The van der Waals surface area contributed by atoms with Gasteiger partial charge in [0.2, 0.25) is 5.76 Å². The number of imide groups is 1. The molecule has 140 valence electrons. The van der Waals surface area contributed by atoms with E-state index < -0.39 is 17.1 Å². The van der Waals surface area contributed by atoms with Crippen LogP contribution in [0.15, 0.2) is 33.6 Å². The molecule has 1 aliphatic rings. The van der Waals surface area contributed by atoms with Crippen molar-refractivity contribution in [1.29, 1.82) is 0 Å². The second-order valence-corrected chi connectivity index (χ2v) is 7.19. The van der Waals surface area contributed by atoms with Crippen molar-refractivity contribution in [2.24, 2.45) is 0 Å². The third-order valence-electron chi connectivity index (χ3n) is 3.58. The number of nitrogens with zero attached hydrogens (tertiary/aromatic N) is 1. The maximum Gasteiger partial charge on any atom is 0.373 e. The SMILES string of the molecule is COC(=O)c1ccc(CN2C(=O)S/C(=C/c3cc(Cl)cc(Cl)c3O)C2=O)o1. The first-order valence-electron chi connectivity index (χ1n) is 7.40. The Morgan fingerprint density at radius 3 is 2.78 bits per heavy atom. The smallest absolute Gasteiger partial charge is 0.373 e. The first-order valence-corrected chi connectivity index (χ1v) is 8.97. The van der Waals surface area contributed by atoms with Crippen molar-refractivity contribution in [3.05, 3.63) is 56.3 Å². The minimum Gasteiger partial charge on any atom is -0.506 e. The molecule has 0 radical (unpaired) electrons. The number of carbonyl (C=O) groups is 3. The first-order chi connectivity index (χ1) is 12.8. The predicted octanol–water partition coefficient (Wildman–Crippen LogP) is 4.32. The van der Waals surface area contributed by atoms with E-state index in [0.717, 1.165) is 4.90 Å². The molecule has 1 aromatic carbocycles. The average molecular weight is 428 g/mol. The van der Waals surface area contributed by atoms with E-state index in [1.54, 1.807) is 0 Å². The summed E-state index contributed by atoms with van der Waals surface area (Å²) in [4.78, 5) is 37.2. The van der Waals surface area contributed by atoms with Crippen molar-refractivity contribution in [3.63, 3.8) is 0 Å². The molecule has 2 heterocycles. The summed E-state index contributed by atoms with van der Waals surface area (Å²) in [7, 11) is 1.21. The van der Waals surface area contributed by atoms with Gasteiger partial charge >= 0.3 is 5.97 Å². The lowest BCUT2D eigenvalue weighted by Crippen LogP contribution is -2.27. The number of methoxy groups -OCH3 is 1. The Balaban J connectivity index is 1.83. The molecule has 2 aromatic rings. The number of phenolic OH excluding ortho intramolecular Hbond substituents is 1. The number of phenols is 1. The number of rotatable bonds is 4. The molecule has 0 bridgehead atoms. The summed E-state index contributed by atoms with van der Waals surface area (Å²) in [6, 6.07) is 5.65. The van der Waals surface area contributed by atoms with Crippen LogP contribution in [-0.4, -0.2) is 34.2 Å². The number of hydrogen-bond acceptors (Lipinski definition) is 7. The number of halogens is 2. The van der Waals surface area contributed by atoms with Crippen molar-refractivity contribution >= 4 is 58.2 Å². The second kappa shape index (κ2) is 7.67. The molecule has 1 aromatic heterocycles. The van der Waals surface area contributed by atoms with Crippen LogP contribution in [0.5, 0.6) is 5.75 Å². The third-order valence-corrected chi connectivity index (χ3v) is 4.99. The lowest BCUT2D eigenvalue weighted by atomic mass is 10.2. The number of thioether (sulfide) groups is 1. The van der Waals surface area contributed by atoms with Gasteiger partial charge in [-0.3, -0.25) is 14.5 Å². The Morgan fingerprint density at radius 2 is 2.07 bits per heavy atom. The van der Waals surface area contributed by atoms with Gasteiger partial charge in [-0.15, -0.1) is 0 Å². The van der Waals surface area contributed by atoms with Gasteiger partial charge in [-0.2, -0.15) is 0 Å². The number of esters is 1. The van der Waals surface area contributed by atoms with E-state index in [9.17, 15) is 19.5 Å². The van der Waals surface area contributed by atoms with Gasteiger partial charge in [-0.25, -0.2) is 4.79 Å². The zero-order chi connectivity index (χ0) is 19.7. The fraction of sp³-hybridized carbons (Fsp3) is 0.118. The molecule has 0 unspecified atom stereocenters. The maximum absolute atomic E-state index is 12.5. The summed E-state index contributed by atoms with van der Waals surface area (Å²) in [5, 5.41) is 9.78. The second-order valence-electron chi connectivity index (χ2n) is 5.35. The summed E-state index contributed by atoms with van der Waals surface area (Å²) in [6.07, 6.45) is 1.33. The Hall–Kier alpha value is -2.42. The minimum absolute atomic E-state index is 0.0268. The summed E-state index contributed by atoms with van der Waals surface area (Å²) in [5.74, 6) is -1.28. The molecule has 10 heteroatoms. The average Bonchev–Trinajstić information content (AvgIpc) is 3.19. The summed E-state index contributed by atoms with van der Waals surface area (Å²) >= 11 is 12.5. The van der Waals surface area contributed by atoms with Gasteiger partial charge in [0, 0.05) is 10.6 Å². The van der Waals surface area contributed by atoms with Gasteiger partial charge in [0.15, 0.2) is 0 Å². The molecule has 0 saturated carbocycles. The summed E-state index contributed by atoms with van der Waals surface area (Å²) in [5.41, 5.74) is 0.212. The van der Waals surface area contributed by atoms with E-state index in [2.05, 4.69) is 4.74 Å². The van der Waals surface area contributed by atoms with Crippen LogP contribution < -0.4 is 0 Å². The molecule has 7 nitrogen and oxygen atoms in total. The predicted molar refractivity (Wildman–Crippen MR) is 99.7 cm³/mol. The molecule has 1 saturated heterocycles. The van der Waals surface area contributed by atoms with Crippen molar-refractivity contribution < 1.29 is 28.6 Å². The Bertz CT molecular complexity index is 984. The number of carbonyl (C=O) groups excluding carboxylic acids is 3. The number of benzene rings is 1. The van der Waals surface area contributed by atoms with E-state index in [-0.39, 0.29) is 44.3 Å². The molecule has 1 aliphatic heterocycles. The van der Waals surface area contributed by atoms with Crippen molar-refractivity contribution in [2.75, 3.05) is 7.11 Å². The van der Waals surface area contributed by atoms with Gasteiger partial charge in [-0.05, 0) is 42.1 Å². The van der Waals surface area contributed by atoms with E-state index in [4.69, 9.17) is 27.6 Å². The third kappa shape index (κ3) is 3.97. The fourth-order valence-corrected chi connectivity index (χ4v) is 3.64. The van der Waals surface area contributed by atoms with Crippen LogP contribution in [0.25, 0.3) is 6.08 Å². The molecule has 3 rings (SSSR count). The maximum atomic E-state index is 12.5. The molecule has 0 atom stereocenters. The molecule has 27 heavy (non-hydrogen) atoms. The molecule has 1 fully saturated rings. The van der Waals surface area contributed by atoms with E-state index in [1.807, 2.05) is 0 Å². The van der Waals surface area contributed by atoms with Crippen LogP contribution in [0.2, 0.25) is 10.0 Å². The highest BCUT2D eigenvalue weighted by molar-refractivity contribution is 8.18. The van der Waals surface area contributed by atoms with Gasteiger partial charge in [0.1, 0.15) is 11.5 Å². The zero-order valence-corrected chi connectivity index (χ0v) is 16.0. The van der Waals surface area contributed by atoms with Crippen LogP contribution in [-0.2, 0) is 16.1 Å². The Morgan fingerprint density at radius 1 is 1.33 bits per heavy atom. The molecular weight excluding hydrogens is 417 g/mol. The molecule has 0 aliphatic carbocycles. The highest BCUT2D eigenvalue weighted by Gasteiger charge is 2.36. The molecule has 1 N–H and O–H groups in total. The fourth-order valence-electron chi connectivity index (χ4n) is 2.30. The van der Waals surface area contributed by atoms with Gasteiger partial charge < -0.3 is 14.3 Å². The molecule has 0 spiro atoms. The quantitative estimate of drug-likeness (QED) is 0.572. The lowest BCUT2D eigenvalue weighted by molar-refractivity contribution is -0.123. The van der Waals surface area contributed by atoms with Crippen molar-refractivity contribution in [2.45, 2.75) is 6.54 Å². The van der Waals surface area contributed by atoms with E-state index >= 15 is 0 Å². The van der Waals surface area contributed by atoms with Crippen molar-refractivity contribution in [3.8, 4) is 5.75 Å². The number of amides is 2. The normalized spacial score (nSPS) is 15.7. The standard InChI is InChI=1S/C17H11Cl2NO6S/c1-25-16(23)12-3-2-10(26-12)7-20-15(22)13(27-17(20)24)5-8-4-9(18)6-11(19)14(8)21/h2-6,21H,7H2,1H3/b13-5+. The van der Waals surface area contributed by atoms with E-state index in [1.165, 1.54) is 37.5 Å². The monoisotopic (exact) mass is 427 g/mol. The Kier molecular flexibility index (Phi) is 5.50. The van der Waals surface area contributed by atoms with Crippen LogP contribution >= 0.6 is 35.0 Å². The number of ether oxygens (including phenoxy) is 1. The van der Waals surface area contributed by atoms with Crippen LogP contribution in [0.4, 0.5) is 4.79 Å². The highest BCUT2D eigenvalue weighted by atomic mass is 35.5. The molecule has 2 amide bonds. The van der Waals surface area contributed by atoms with Crippen molar-refractivity contribution in [1.82, 2.24) is 4.90 Å². The number of furan rings is 1. The lowest BCUT2D eigenvalue weighted by Gasteiger charge is -2.10. The van der Waals surface area contributed by atoms with Gasteiger partial charge in [-0.1, -0.05) is 23.2 Å². The Labute approximate surface area is 167 Å².